The van der Waals surface area contributed by atoms with Crippen LogP contribution in [0.15, 0.2) is 59.5 Å². The minimum Gasteiger partial charge on any atom is -0.497 e. The summed E-state index contributed by atoms with van der Waals surface area (Å²) in [5.41, 5.74) is 1.08. The van der Waals surface area contributed by atoms with Crippen molar-refractivity contribution in [2.75, 3.05) is 39.8 Å². The van der Waals surface area contributed by atoms with Crippen LogP contribution in [0.2, 0.25) is 0 Å². The van der Waals surface area contributed by atoms with Crippen molar-refractivity contribution in [1.82, 2.24) is 14.5 Å². The van der Waals surface area contributed by atoms with Crippen molar-refractivity contribution in [3.8, 4) is 5.75 Å². The van der Waals surface area contributed by atoms with Crippen LogP contribution in [0.4, 0.5) is 4.79 Å². The zero-order chi connectivity index (χ0) is 20.0. The van der Waals surface area contributed by atoms with E-state index in [0.717, 1.165) is 11.3 Å². The van der Waals surface area contributed by atoms with Gasteiger partial charge in [0.25, 0.3) is 0 Å². The molecule has 1 aliphatic rings. The number of hydrogen-bond acceptors (Lipinski definition) is 4. The third-order valence-electron chi connectivity index (χ3n) is 4.73. The van der Waals surface area contributed by atoms with E-state index in [1.54, 1.807) is 42.3 Å². The second-order valence-electron chi connectivity index (χ2n) is 6.54. The van der Waals surface area contributed by atoms with Gasteiger partial charge < -0.3 is 15.0 Å². The largest absolute Gasteiger partial charge is 0.497 e. The molecule has 2 aromatic rings. The summed E-state index contributed by atoms with van der Waals surface area (Å²) in [6, 6.07) is 15.9. The number of rotatable bonds is 6. The van der Waals surface area contributed by atoms with Crippen molar-refractivity contribution >= 4 is 16.1 Å². The molecule has 1 saturated heterocycles. The van der Waals surface area contributed by atoms with E-state index >= 15 is 0 Å². The van der Waals surface area contributed by atoms with Gasteiger partial charge in [-0.3, -0.25) is 0 Å². The molecule has 2 aromatic carbocycles. The Labute approximate surface area is 166 Å². The van der Waals surface area contributed by atoms with Gasteiger partial charge in [-0.25, -0.2) is 13.2 Å². The van der Waals surface area contributed by atoms with Crippen LogP contribution in [0.1, 0.15) is 5.56 Å². The van der Waals surface area contributed by atoms with Crippen molar-refractivity contribution in [1.29, 1.82) is 0 Å². The molecule has 0 bridgehead atoms. The van der Waals surface area contributed by atoms with E-state index in [-0.39, 0.29) is 10.9 Å². The molecular weight excluding hydrogens is 378 g/mol. The molecule has 3 rings (SSSR count). The second-order valence-corrected chi connectivity index (χ2v) is 8.48. The van der Waals surface area contributed by atoms with E-state index < -0.39 is 10.0 Å². The van der Waals surface area contributed by atoms with E-state index in [0.29, 0.717) is 39.1 Å². The number of methoxy groups -OCH3 is 1. The number of amides is 2. The van der Waals surface area contributed by atoms with Crippen molar-refractivity contribution in [2.24, 2.45) is 0 Å². The number of sulfonamides is 1. The van der Waals surface area contributed by atoms with Crippen molar-refractivity contribution in [2.45, 2.75) is 11.3 Å². The van der Waals surface area contributed by atoms with E-state index in [2.05, 4.69) is 5.32 Å². The van der Waals surface area contributed by atoms with Gasteiger partial charge in [0.15, 0.2) is 0 Å². The molecule has 150 valence electrons. The minimum absolute atomic E-state index is 0.167. The maximum atomic E-state index is 12.6. The summed E-state index contributed by atoms with van der Waals surface area (Å²) in [5, 5.41) is 2.90. The zero-order valence-electron chi connectivity index (χ0n) is 15.9. The Balaban J connectivity index is 1.47. The number of benzene rings is 2. The maximum absolute atomic E-state index is 12.6. The Morgan fingerprint density at radius 2 is 1.75 bits per heavy atom. The van der Waals surface area contributed by atoms with Gasteiger partial charge >= 0.3 is 6.03 Å². The van der Waals surface area contributed by atoms with Crippen LogP contribution in [0.5, 0.6) is 5.75 Å². The third-order valence-corrected chi connectivity index (χ3v) is 6.64. The average Bonchev–Trinajstić information content (AvgIpc) is 2.74. The minimum atomic E-state index is -3.51. The molecule has 1 aliphatic heterocycles. The highest BCUT2D eigenvalue weighted by molar-refractivity contribution is 7.89. The molecule has 28 heavy (non-hydrogen) atoms. The van der Waals surface area contributed by atoms with Gasteiger partial charge in [0.1, 0.15) is 5.75 Å². The van der Waals surface area contributed by atoms with Crippen LogP contribution in [0.25, 0.3) is 0 Å². The second kappa shape index (κ2) is 9.07. The van der Waals surface area contributed by atoms with E-state index in [9.17, 15) is 13.2 Å². The molecule has 0 aromatic heterocycles. The van der Waals surface area contributed by atoms with Crippen LogP contribution >= 0.6 is 0 Å². The van der Waals surface area contributed by atoms with Crippen LogP contribution in [-0.2, 0) is 16.4 Å². The number of carbonyl (C=O) groups excluding carboxylic acids is 1. The molecule has 0 radical (unpaired) electrons. The lowest BCUT2D eigenvalue weighted by molar-refractivity contribution is 0.172. The van der Waals surface area contributed by atoms with Crippen molar-refractivity contribution in [3.63, 3.8) is 0 Å². The first kappa shape index (κ1) is 20.2. The summed E-state index contributed by atoms with van der Waals surface area (Å²) >= 11 is 0. The average molecular weight is 404 g/mol. The molecule has 0 saturated carbocycles. The molecule has 0 spiro atoms. The lowest BCUT2D eigenvalue weighted by atomic mass is 10.1. The number of nitrogens with one attached hydrogen (secondary N) is 1. The number of ether oxygens (including phenoxy) is 1. The summed E-state index contributed by atoms with van der Waals surface area (Å²) in [4.78, 5) is 14.3. The summed E-state index contributed by atoms with van der Waals surface area (Å²) in [5.74, 6) is 0.791. The molecule has 7 nitrogen and oxygen atoms in total. The fourth-order valence-corrected chi connectivity index (χ4v) is 4.57. The molecule has 1 heterocycles. The molecule has 0 unspecified atom stereocenters. The summed E-state index contributed by atoms with van der Waals surface area (Å²) in [6.07, 6.45) is 0.700. The zero-order valence-corrected chi connectivity index (χ0v) is 16.7. The number of piperazine rings is 1. The Kier molecular flexibility index (Phi) is 6.53. The lowest BCUT2D eigenvalue weighted by Crippen LogP contribution is -2.53. The van der Waals surface area contributed by atoms with Gasteiger partial charge in [0.2, 0.25) is 10.0 Å². The van der Waals surface area contributed by atoms with Gasteiger partial charge in [-0.2, -0.15) is 4.31 Å². The molecule has 1 fully saturated rings. The van der Waals surface area contributed by atoms with Crippen LogP contribution < -0.4 is 10.1 Å². The number of urea groups is 1. The lowest BCUT2D eigenvalue weighted by Gasteiger charge is -2.34. The fourth-order valence-electron chi connectivity index (χ4n) is 3.13. The highest BCUT2D eigenvalue weighted by Crippen LogP contribution is 2.17. The SMILES string of the molecule is COc1cccc(CCNC(=O)N2CCN(S(=O)(=O)c3ccccc3)CC2)c1. The molecule has 0 atom stereocenters. The predicted molar refractivity (Wildman–Crippen MR) is 107 cm³/mol. The Bertz CT molecular complexity index is 895. The summed E-state index contributed by atoms with van der Waals surface area (Å²) in [7, 11) is -1.88. The Morgan fingerprint density at radius 3 is 2.43 bits per heavy atom. The Morgan fingerprint density at radius 1 is 1.04 bits per heavy atom. The van der Waals surface area contributed by atoms with Crippen LogP contribution in [-0.4, -0.2) is 63.5 Å². The smallest absolute Gasteiger partial charge is 0.317 e. The summed E-state index contributed by atoms with van der Waals surface area (Å²) < 4.78 is 31.9. The van der Waals surface area contributed by atoms with Crippen molar-refractivity contribution in [3.05, 3.63) is 60.2 Å². The normalized spacial score (nSPS) is 15.2. The standard InChI is InChI=1S/C20H25N3O4S/c1-27-18-7-5-6-17(16-18)10-11-21-20(24)22-12-14-23(15-13-22)28(25,26)19-8-3-2-4-9-19/h2-9,16H,10-15H2,1H3,(H,21,24). The van der Waals surface area contributed by atoms with Crippen LogP contribution in [0.3, 0.4) is 0 Å². The van der Waals surface area contributed by atoms with E-state index in [1.807, 2.05) is 24.3 Å². The van der Waals surface area contributed by atoms with Crippen molar-refractivity contribution < 1.29 is 17.9 Å². The molecular formula is C20H25N3O4S. The fraction of sp³-hybridized carbons (Fsp3) is 0.350. The molecule has 0 aliphatic carbocycles. The van der Waals surface area contributed by atoms with E-state index in [4.69, 9.17) is 4.74 Å². The first-order valence-electron chi connectivity index (χ1n) is 9.21. The highest BCUT2D eigenvalue weighted by Gasteiger charge is 2.29. The molecule has 1 N–H and O–H groups in total. The number of hydrogen-bond donors (Lipinski definition) is 1. The maximum Gasteiger partial charge on any atom is 0.317 e. The van der Waals surface area contributed by atoms with Crippen LogP contribution in [0, 0.1) is 0 Å². The van der Waals surface area contributed by atoms with Gasteiger partial charge in [0.05, 0.1) is 12.0 Å². The first-order valence-corrected chi connectivity index (χ1v) is 10.7. The predicted octanol–water partition coefficient (Wildman–Crippen LogP) is 1.95. The quantitative estimate of drug-likeness (QED) is 0.800. The first-order chi connectivity index (χ1) is 13.5. The van der Waals surface area contributed by atoms with Gasteiger partial charge in [0, 0.05) is 32.7 Å². The van der Waals surface area contributed by atoms with Gasteiger partial charge in [-0.15, -0.1) is 0 Å². The summed E-state index contributed by atoms with van der Waals surface area (Å²) in [6.45, 7) is 1.84. The van der Waals surface area contributed by atoms with Gasteiger partial charge in [-0.1, -0.05) is 30.3 Å². The third kappa shape index (κ3) is 4.82. The molecule has 8 heteroatoms. The topological polar surface area (TPSA) is 79.0 Å². The number of carbonyl (C=O) groups is 1. The monoisotopic (exact) mass is 403 g/mol. The Hall–Kier alpha value is -2.58. The highest BCUT2D eigenvalue weighted by atomic mass is 32.2. The molecule has 2 amide bonds. The van der Waals surface area contributed by atoms with E-state index in [1.165, 1.54) is 4.31 Å². The van der Waals surface area contributed by atoms with Gasteiger partial charge in [-0.05, 0) is 36.2 Å². The number of nitrogens with zero attached hydrogens (tertiary/aromatic N) is 2.